The molecule has 0 fully saturated rings. The summed E-state index contributed by atoms with van der Waals surface area (Å²) in [5.41, 5.74) is 0.719. The van der Waals surface area contributed by atoms with Crippen molar-refractivity contribution in [2.45, 2.75) is 6.54 Å². The monoisotopic (exact) mass is 424 g/mol. The number of methoxy groups -OCH3 is 1. The number of anilines is 1. The van der Waals surface area contributed by atoms with Crippen LogP contribution in [0.4, 0.5) is 11.5 Å². The fraction of sp³-hybridized carbons (Fsp3) is 0.150. The normalized spacial score (nSPS) is 11.6. The number of fused-ring (bicyclic) bond motifs is 1. The molecule has 11 heteroatoms. The maximum absolute atomic E-state index is 11.7. The summed E-state index contributed by atoms with van der Waals surface area (Å²) in [6.45, 7) is 0.409. The molecule has 0 radical (unpaired) electrons. The van der Waals surface area contributed by atoms with E-state index in [1.54, 1.807) is 12.1 Å². The summed E-state index contributed by atoms with van der Waals surface area (Å²) < 4.78 is 20.8. The average Bonchev–Trinajstić information content (AvgIpc) is 3.25. The first-order chi connectivity index (χ1) is 15.0. The molecule has 11 nitrogen and oxygen atoms in total. The molecular formula is C20H16N4O7. The van der Waals surface area contributed by atoms with Gasteiger partial charge in [0, 0.05) is 6.54 Å². The maximum atomic E-state index is 11.7. The van der Waals surface area contributed by atoms with E-state index in [1.807, 2.05) is 6.07 Å². The summed E-state index contributed by atoms with van der Waals surface area (Å²) in [6, 6.07) is 11.3. The summed E-state index contributed by atoms with van der Waals surface area (Å²) in [5, 5.41) is 14.6. The van der Waals surface area contributed by atoms with Crippen molar-refractivity contribution < 1.29 is 28.7 Å². The minimum absolute atomic E-state index is 0.00107. The van der Waals surface area contributed by atoms with E-state index < -0.39 is 16.6 Å². The number of aromatic nitrogens is 2. The molecule has 1 aliphatic rings. The van der Waals surface area contributed by atoms with Crippen LogP contribution in [0.2, 0.25) is 0 Å². The molecular weight excluding hydrogens is 408 g/mol. The van der Waals surface area contributed by atoms with Gasteiger partial charge in [0.05, 0.1) is 17.6 Å². The number of ether oxygens (including phenoxy) is 4. The van der Waals surface area contributed by atoms with Crippen LogP contribution < -0.4 is 19.5 Å². The van der Waals surface area contributed by atoms with Gasteiger partial charge in [-0.25, -0.2) is 9.78 Å². The Balaban J connectivity index is 1.53. The molecule has 0 aliphatic carbocycles. The molecule has 3 aromatic rings. The molecule has 0 saturated heterocycles. The van der Waals surface area contributed by atoms with Crippen molar-refractivity contribution in [2.24, 2.45) is 0 Å². The van der Waals surface area contributed by atoms with Gasteiger partial charge in [-0.15, -0.1) is 0 Å². The number of carbonyl (C=O) groups is 1. The molecule has 4 rings (SSSR count). The maximum Gasteiger partial charge on any atom is 0.373 e. The Morgan fingerprint density at radius 1 is 1.16 bits per heavy atom. The Bertz CT molecular complexity index is 1130. The van der Waals surface area contributed by atoms with Crippen LogP contribution in [-0.4, -0.2) is 34.8 Å². The van der Waals surface area contributed by atoms with Gasteiger partial charge in [-0.3, -0.25) is 10.1 Å². The van der Waals surface area contributed by atoms with Crippen molar-refractivity contribution in [3.8, 4) is 23.1 Å². The number of rotatable bonds is 7. The van der Waals surface area contributed by atoms with Crippen LogP contribution in [-0.2, 0) is 11.3 Å². The van der Waals surface area contributed by atoms with Crippen LogP contribution in [0.15, 0.2) is 48.8 Å². The number of carbonyl (C=O) groups excluding carboxylic acids is 1. The molecule has 0 spiro atoms. The topological polar surface area (TPSA) is 135 Å². The van der Waals surface area contributed by atoms with Gasteiger partial charge in [-0.1, -0.05) is 6.07 Å². The SMILES string of the molecule is COC(=O)c1ccc(Oc2ncnc(NCc3ccc4c(c3)OCO4)c2[N+](=O)[O-])cc1. The predicted octanol–water partition coefficient (Wildman–Crippen LogP) is 3.30. The standard InChI is InChI=1S/C20H16N4O7/c1-28-20(25)13-3-5-14(6-4-13)31-19-17(24(26)27)18(22-10-23-19)21-9-12-2-7-15-16(8-12)30-11-29-15/h2-8,10H,9,11H2,1H3,(H,21,22,23). The third kappa shape index (κ3) is 4.29. The Morgan fingerprint density at radius 2 is 1.94 bits per heavy atom. The average molecular weight is 424 g/mol. The third-order valence-corrected chi connectivity index (χ3v) is 4.36. The number of nitro groups is 1. The van der Waals surface area contributed by atoms with Gasteiger partial charge in [-0.2, -0.15) is 4.98 Å². The molecule has 31 heavy (non-hydrogen) atoms. The molecule has 2 aromatic carbocycles. The molecule has 1 N–H and O–H groups in total. The lowest BCUT2D eigenvalue weighted by Crippen LogP contribution is -2.07. The molecule has 1 aromatic heterocycles. The molecule has 0 saturated carbocycles. The van der Waals surface area contributed by atoms with E-state index >= 15 is 0 Å². The highest BCUT2D eigenvalue weighted by atomic mass is 16.7. The lowest BCUT2D eigenvalue weighted by atomic mass is 10.2. The Labute approximate surface area is 175 Å². The summed E-state index contributed by atoms with van der Waals surface area (Å²) >= 11 is 0. The van der Waals surface area contributed by atoms with Crippen molar-refractivity contribution in [1.82, 2.24) is 9.97 Å². The van der Waals surface area contributed by atoms with Crippen molar-refractivity contribution >= 4 is 17.5 Å². The first-order valence-corrected chi connectivity index (χ1v) is 9.03. The van der Waals surface area contributed by atoms with E-state index in [9.17, 15) is 14.9 Å². The number of esters is 1. The zero-order valence-corrected chi connectivity index (χ0v) is 16.2. The number of benzene rings is 2. The number of nitrogens with one attached hydrogen (secondary N) is 1. The highest BCUT2D eigenvalue weighted by Gasteiger charge is 2.25. The molecule has 2 heterocycles. The first-order valence-electron chi connectivity index (χ1n) is 9.03. The fourth-order valence-corrected chi connectivity index (χ4v) is 2.86. The quantitative estimate of drug-likeness (QED) is 0.342. The minimum Gasteiger partial charge on any atom is -0.465 e. The minimum atomic E-state index is -0.625. The molecule has 0 unspecified atom stereocenters. The second-order valence-corrected chi connectivity index (χ2v) is 6.29. The lowest BCUT2D eigenvalue weighted by molar-refractivity contribution is -0.385. The van der Waals surface area contributed by atoms with Crippen LogP contribution in [0.5, 0.6) is 23.1 Å². The van der Waals surface area contributed by atoms with Crippen LogP contribution >= 0.6 is 0 Å². The zero-order valence-electron chi connectivity index (χ0n) is 16.2. The van der Waals surface area contributed by atoms with Gasteiger partial charge in [0.2, 0.25) is 12.6 Å². The van der Waals surface area contributed by atoms with E-state index in [2.05, 4.69) is 20.0 Å². The lowest BCUT2D eigenvalue weighted by Gasteiger charge is -2.10. The van der Waals surface area contributed by atoms with Gasteiger partial charge in [0.1, 0.15) is 12.1 Å². The largest absolute Gasteiger partial charge is 0.465 e. The molecule has 0 bridgehead atoms. The number of hydrogen-bond acceptors (Lipinski definition) is 10. The molecule has 1 aliphatic heterocycles. The summed E-state index contributed by atoms with van der Waals surface area (Å²) in [7, 11) is 1.27. The molecule has 158 valence electrons. The fourth-order valence-electron chi connectivity index (χ4n) is 2.86. The van der Waals surface area contributed by atoms with Gasteiger partial charge in [0.15, 0.2) is 11.5 Å². The van der Waals surface area contributed by atoms with E-state index in [1.165, 1.54) is 31.4 Å². The summed E-state index contributed by atoms with van der Waals surface area (Å²) in [5.74, 6) is 0.769. The van der Waals surface area contributed by atoms with E-state index in [0.717, 1.165) is 11.9 Å². The predicted molar refractivity (Wildman–Crippen MR) is 106 cm³/mol. The Morgan fingerprint density at radius 3 is 2.68 bits per heavy atom. The zero-order chi connectivity index (χ0) is 21.8. The van der Waals surface area contributed by atoms with Crippen LogP contribution in [0, 0.1) is 10.1 Å². The number of hydrogen-bond donors (Lipinski definition) is 1. The molecule has 0 amide bonds. The van der Waals surface area contributed by atoms with Crippen LogP contribution in [0.1, 0.15) is 15.9 Å². The van der Waals surface area contributed by atoms with E-state index in [4.69, 9.17) is 14.2 Å². The Kier molecular flexibility index (Phi) is 5.47. The van der Waals surface area contributed by atoms with Gasteiger partial charge in [-0.05, 0) is 42.0 Å². The van der Waals surface area contributed by atoms with Gasteiger partial charge < -0.3 is 24.3 Å². The number of nitrogens with zero attached hydrogens (tertiary/aromatic N) is 3. The summed E-state index contributed by atoms with van der Waals surface area (Å²) in [4.78, 5) is 30.5. The van der Waals surface area contributed by atoms with Crippen LogP contribution in [0.3, 0.4) is 0 Å². The van der Waals surface area contributed by atoms with Crippen molar-refractivity contribution in [1.29, 1.82) is 0 Å². The second-order valence-electron chi connectivity index (χ2n) is 6.29. The van der Waals surface area contributed by atoms with Gasteiger partial charge in [0.25, 0.3) is 0 Å². The third-order valence-electron chi connectivity index (χ3n) is 4.36. The van der Waals surface area contributed by atoms with Crippen LogP contribution in [0.25, 0.3) is 0 Å². The van der Waals surface area contributed by atoms with Crippen molar-refractivity contribution in [3.05, 3.63) is 70.0 Å². The molecule has 0 atom stereocenters. The summed E-state index contributed by atoms with van der Waals surface area (Å²) in [6.07, 6.45) is 1.16. The highest BCUT2D eigenvalue weighted by molar-refractivity contribution is 5.89. The first kappa shape index (κ1) is 19.9. The highest BCUT2D eigenvalue weighted by Crippen LogP contribution is 2.35. The van der Waals surface area contributed by atoms with Gasteiger partial charge >= 0.3 is 17.5 Å². The Hall–Kier alpha value is -4.41. The smallest absolute Gasteiger partial charge is 0.373 e. The van der Waals surface area contributed by atoms with E-state index in [0.29, 0.717) is 17.1 Å². The van der Waals surface area contributed by atoms with E-state index in [-0.39, 0.29) is 30.8 Å². The van der Waals surface area contributed by atoms with Crippen molar-refractivity contribution in [2.75, 3.05) is 19.2 Å². The van der Waals surface area contributed by atoms with Crippen molar-refractivity contribution in [3.63, 3.8) is 0 Å². The second kappa shape index (κ2) is 8.53.